The van der Waals surface area contributed by atoms with E-state index in [0.29, 0.717) is 0 Å². The molecule has 0 spiro atoms. The zero-order chi connectivity index (χ0) is 14.4. The van der Waals surface area contributed by atoms with E-state index in [9.17, 15) is 0 Å². The van der Waals surface area contributed by atoms with Crippen LogP contribution < -0.4 is 5.32 Å². The summed E-state index contributed by atoms with van der Waals surface area (Å²) in [5, 5.41) is 8.03. The van der Waals surface area contributed by atoms with Crippen molar-refractivity contribution < 1.29 is 0 Å². The van der Waals surface area contributed by atoms with Crippen molar-refractivity contribution in [1.29, 1.82) is 0 Å². The molecule has 0 aliphatic carbocycles. The second kappa shape index (κ2) is 7.14. The Balaban J connectivity index is 2.34. The van der Waals surface area contributed by atoms with Gasteiger partial charge in [0.15, 0.2) is 5.82 Å². The quantitative estimate of drug-likeness (QED) is 0.786. The predicted octanol–water partition coefficient (Wildman–Crippen LogP) is 2.29. The van der Waals surface area contributed by atoms with Crippen LogP contribution in [0.5, 0.6) is 0 Å². The first-order valence-corrected chi connectivity index (χ1v) is 7.38. The third-order valence-electron chi connectivity index (χ3n) is 3.20. The summed E-state index contributed by atoms with van der Waals surface area (Å²) in [5.74, 6) is 1.90. The molecule has 2 rings (SSSR count). The SMILES string of the molecule is CCCNCc1cnccc1-n1nc(CC)nc1CC. The van der Waals surface area contributed by atoms with Gasteiger partial charge < -0.3 is 5.32 Å². The van der Waals surface area contributed by atoms with Crippen LogP contribution in [-0.2, 0) is 19.4 Å². The molecule has 2 heterocycles. The maximum atomic E-state index is 4.61. The number of pyridine rings is 1. The summed E-state index contributed by atoms with van der Waals surface area (Å²) in [6, 6.07) is 2.01. The number of aromatic nitrogens is 4. The molecule has 5 nitrogen and oxygen atoms in total. The van der Waals surface area contributed by atoms with Crippen LogP contribution in [0.4, 0.5) is 0 Å². The van der Waals surface area contributed by atoms with Gasteiger partial charge >= 0.3 is 0 Å². The first kappa shape index (κ1) is 14.7. The predicted molar refractivity (Wildman–Crippen MR) is 79.9 cm³/mol. The summed E-state index contributed by atoms with van der Waals surface area (Å²) < 4.78 is 1.96. The Labute approximate surface area is 120 Å². The van der Waals surface area contributed by atoms with Crippen molar-refractivity contribution in [2.45, 2.75) is 46.6 Å². The standard InChI is InChI=1S/C15H23N5/c1-4-8-16-10-12-11-17-9-7-13(12)20-15(6-3)18-14(5-2)19-20/h7,9,11,16H,4-6,8,10H2,1-3H3. The van der Waals surface area contributed by atoms with Gasteiger partial charge in [-0.2, -0.15) is 5.10 Å². The van der Waals surface area contributed by atoms with Crippen molar-refractivity contribution in [3.63, 3.8) is 0 Å². The van der Waals surface area contributed by atoms with Crippen LogP contribution in [0, 0.1) is 0 Å². The van der Waals surface area contributed by atoms with Gasteiger partial charge in [-0.25, -0.2) is 9.67 Å². The van der Waals surface area contributed by atoms with Gasteiger partial charge in [-0.05, 0) is 19.0 Å². The zero-order valence-corrected chi connectivity index (χ0v) is 12.6. The summed E-state index contributed by atoms with van der Waals surface area (Å²) in [5.41, 5.74) is 2.23. The molecule has 0 radical (unpaired) electrons. The molecular weight excluding hydrogens is 250 g/mol. The Bertz CT molecular complexity index is 547. The third-order valence-corrected chi connectivity index (χ3v) is 3.20. The molecule has 0 bridgehead atoms. The maximum absolute atomic E-state index is 4.61. The number of hydrogen-bond donors (Lipinski definition) is 1. The van der Waals surface area contributed by atoms with Crippen LogP contribution >= 0.6 is 0 Å². The second-order valence-corrected chi connectivity index (χ2v) is 4.74. The number of rotatable bonds is 7. The molecule has 0 aromatic carbocycles. The molecule has 0 saturated carbocycles. The number of aryl methyl sites for hydroxylation is 2. The molecule has 1 N–H and O–H groups in total. The van der Waals surface area contributed by atoms with Gasteiger partial charge in [-0.15, -0.1) is 0 Å². The van der Waals surface area contributed by atoms with Gasteiger partial charge in [0.05, 0.1) is 5.69 Å². The molecule has 108 valence electrons. The van der Waals surface area contributed by atoms with Crippen LogP contribution in [0.2, 0.25) is 0 Å². The van der Waals surface area contributed by atoms with Crippen LogP contribution in [0.15, 0.2) is 18.5 Å². The van der Waals surface area contributed by atoms with Crippen LogP contribution in [0.3, 0.4) is 0 Å². The lowest BCUT2D eigenvalue weighted by Gasteiger charge is -2.11. The lowest BCUT2D eigenvalue weighted by molar-refractivity contribution is 0.665. The first-order valence-electron chi connectivity index (χ1n) is 7.38. The third kappa shape index (κ3) is 3.22. The molecule has 0 aliphatic heterocycles. The summed E-state index contributed by atoms with van der Waals surface area (Å²) in [4.78, 5) is 8.80. The monoisotopic (exact) mass is 273 g/mol. The number of nitrogens with one attached hydrogen (secondary N) is 1. The maximum Gasteiger partial charge on any atom is 0.151 e. The molecular formula is C15H23N5. The van der Waals surface area contributed by atoms with Gasteiger partial charge in [0.1, 0.15) is 5.82 Å². The van der Waals surface area contributed by atoms with Crippen molar-refractivity contribution in [2.24, 2.45) is 0 Å². The van der Waals surface area contributed by atoms with E-state index in [1.165, 1.54) is 0 Å². The van der Waals surface area contributed by atoms with Crippen molar-refractivity contribution in [2.75, 3.05) is 6.54 Å². The molecule has 5 heteroatoms. The minimum Gasteiger partial charge on any atom is -0.313 e. The highest BCUT2D eigenvalue weighted by Gasteiger charge is 2.12. The van der Waals surface area contributed by atoms with Crippen molar-refractivity contribution in [1.82, 2.24) is 25.1 Å². The van der Waals surface area contributed by atoms with Crippen molar-refractivity contribution in [3.05, 3.63) is 35.7 Å². The fourth-order valence-electron chi connectivity index (χ4n) is 2.13. The summed E-state index contributed by atoms with van der Waals surface area (Å²) in [6.07, 6.45) is 6.57. The van der Waals surface area contributed by atoms with E-state index in [4.69, 9.17) is 0 Å². The van der Waals surface area contributed by atoms with Gasteiger partial charge in [0.25, 0.3) is 0 Å². The smallest absolute Gasteiger partial charge is 0.151 e. The molecule has 0 atom stereocenters. The Morgan fingerprint density at radius 3 is 2.75 bits per heavy atom. The Hall–Kier alpha value is -1.75. The van der Waals surface area contributed by atoms with Gasteiger partial charge in [-0.3, -0.25) is 4.98 Å². The minimum atomic E-state index is 0.807. The zero-order valence-electron chi connectivity index (χ0n) is 12.6. The normalized spacial score (nSPS) is 10.9. The van der Waals surface area contributed by atoms with E-state index < -0.39 is 0 Å². The average Bonchev–Trinajstić information content (AvgIpc) is 2.91. The molecule has 0 saturated heterocycles. The molecule has 2 aromatic heterocycles. The van der Waals surface area contributed by atoms with Gasteiger partial charge in [0, 0.05) is 37.3 Å². The van der Waals surface area contributed by atoms with Crippen molar-refractivity contribution in [3.8, 4) is 5.69 Å². The Kier molecular flexibility index (Phi) is 5.24. The largest absolute Gasteiger partial charge is 0.313 e. The molecule has 20 heavy (non-hydrogen) atoms. The van der Waals surface area contributed by atoms with Crippen LogP contribution in [0.25, 0.3) is 5.69 Å². The summed E-state index contributed by atoms with van der Waals surface area (Å²) in [6.45, 7) is 8.16. The molecule has 0 unspecified atom stereocenters. The molecule has 0 aliphatic rings. The molecule has 2 aromatic rings. The van der Waals surface area contributed by atoms with E-state index in [1.807, 2.05) is 23.1 Å². The Morgan fingerprint density at radius 1 is 1.20 bits per heavy atom. The van der Waals surface area contributed by atoms with E-state index in [-0.39, 0.29) is 0 Å². The summed E-state index contributed by atoms with van der Waals surface area (Å²) in [7, 11) is 0. The first-order chi connectivity index (χ1) is 9.80. The lowest BCUT2D eigenvalue weighted by atomic mass is 10.2. The van der Waals surface area contributed by atoms with Crippen LogP contribution in [-0.4, -0.2) is 26.3 Å². The molecule has 0 fully saturated rings. The fourth-order valence-corrected chi connectivity index (χ4v) is 2.13. The van der Waals surface area contributed by atoms with Crippen molar-refractivity contribution >= 4 is 0 Å². The van der Waals surface area contributed by atoms with E-state index in [2.05, 4.69) is 41.2 Å². The second-order valence-electron chi connectivity index (χ2n) is 4.74. The Morgan fingerprint density at radius 2 is 2.05 bits per heavy atom. The minimum absolute atomic E-state index is 0.807. The van der Waals surface area contributed by atoms with E-state index in [0.717, 1.165) is 55.3 Å². The average molecular weight is 273 g/mol. The fraction of sp³-hybridized carbons (Fsp3) is 0.533. The van der Waals surface area contributed by atoms with Crippen LogP contribution in [0.1, 0.15) is 44.4 Å². The number of hydrogen-bond acceptors (Lipinski definition) is 4. The van der Waals surface area contributed by atoms with Gasteiger partial charge in [0.2, 0.25) is 0 Å². The highest BCUT2D eigenvalue weighted by atomic mass is 15.4. The molecule has 0 amide bonds. The topological polar surface area (TPSA) is 55.6 Å². The lowest BCUT2D eigenvalue weighted by Crippen LogP contribution is -2.16. The highest BCUT2D eigenvalue weighted by molar-refractivity contribution is 5.38. The summed E-state index contributed by atoms with van der Waals surface area (Å²) >= 11 is 0. The van der Waals surface area contributed by atoms with Gasteiger partial charge in [-0.1, -0.05) is 20.8 Å². The van der Waals surface area contributed by atoms with E-state index >= 15 is 0 Å². The number of nitrogens with zero attached hydrogens (tertiary/aromatic N) is 4. The highest BCUT2D eigenvalue weighted by Crippen LogP contribution is 2.15. The van der Waals surface area contributed by atoms with E-state index in [1.54, 1.807) is 0 Å².